The maximum Gasteiger partial charge on any atom is 0.410 e. The van der Waals surface area contributed by atoms with Crippen molar-refractivity contribution < 1.29 is 14.7 Å². The van der Waals surface area contributed by atoms with Crippen molar-refractivity contribution in [2.24, 2.45) is 0 Å². The molecule has 102 valence electrons. The van der Waals surface area contributed by atoms with Gasteiger partial charge in [-0.2, -0.15) is 0 Å². The second kappa shape index (κ2) is 5.83. The van der Waals surface area contributed by atoms with Crippen molar-refractivity contribution in [1.82, 2.24) is 4.98 Å². The molecule has 0 aliphatic carbocycles. The van der Waals surface area contributed by atoms with Crippen LogP contribution in [0.15, 0.2) is 42.5 Å². The van der Waals surface area contributed by atoms with Gasteiger partial charge in [0.1, 0.15) is 5.82 Å². The highest BCUT2D eigenvalue weighted by molar-refractivity contribution is 6.04. The number of benzene rings is 1. The number of nitrogens with zero attached hydrogens (tertiary/aromatic N) is 1. The zero-order valence-electron chi connectivity index (χ0n) is 10.8. The third-order valence-electron chi connectivity index (χ3n) is 2.60. The Bertz CT molecular complexity index is 641. The van der Waals surface area contributed by atoms with E-state index in [2.05, 4.69) is 15.6 Å². The molecule has 0 saturated heterocycles. The van der Waals surface area contributed by atoms with E-state index in [1.807, 2.05) is 6.07 Å². The molecule has 2 amide bonds. The van der Waals surface area contributed by atoms with Crippen LogP contribution in [0.1, 0.15) is 16.1 Å². The maximum atomic E-state index is 12.0. The molecule has 0 atom stereocenters. The Hall–Kier alpha value is -2.89. The Morgan fingerprint density at radius 2 is 1.75 bits per heavy atom. The van der Waals surface area contributed by atoms with Gasteiger partial charge in [0.25, 0.3) is 5.91 Å². The van der Waals surface area contributed by atoms with Gasteiger partial charge in [-0.1, -0.05) is 18.2 Å². The van der Waals surface area contributed by atoms with Crippen LogP contribution in [0.2, 0.25) is 0 Å². The first-order chi connectivity index (χ1) is 9.56. The van der Waals surface area contributed by atoms with E-state index in [1.54, 1.807) is 37.3 Å². The number of carbonyl (C=O) groups excluding carboxylic acids is 1. The van der Waals surface area contributed by atoms with Crippen LogP contribution in [0.5, 0.6) is 0 Å². The summed E-state index contributed by atoms with van der Waals surface area (Å²) in [7, 11) is 0. The molecular weight excluding hydrogens is 258 g/mol. The van der Waals surface area contributed by atoms with Crippen molar-refractivity contribution in [1.29, 1.82) is 0 Å². The van der Waals surface area contributed by atoms with Gasteiger partial charge in [-0.05, 0) is 31.2 Å². The first kappa shape index (κ1) is 13.5. The Kier molecular flexibility index (Phi) is 3.95. The molecule has 1 aromatic heterocycles. The van der Waals surface area contributed by atoms with Crippen LogP contribution in [-0.2, 0) is 0 Å². The minimum atomic E-state index is -1.18. The summed E-state index contributed by atoms with van der Waals surface area (Å²) in [5.74, 6) is -0.0258. The summed E-state index contributed by atoms with van der Waals surface area (Å²) in [6, 6.07) is 11.9. The molecule has 3 N–H and O–H groups in total. The topological polar surface area (TPSA) is 91.3 Å². The van der Waals surface area contributed by atoms with E-state index < -0.39 is 6.09 Å². The van der Waals surface area contributed by atoms with Crippen LogP contribution in [0.3, 0.4) is 0 Å². The number of carbonyl (C=O) groups is 2. The number of carboxylic acid groups (broad SMARTS) is 1. The molecule has 1 aromatic carbocycles. The summed E-state index contributed by atoms with van der Waals surface area (Å²) in [5.41, 5.74) is 1.61. The van der Waals surface area contributed by atoms with Crippen molar-refractivity contribution in [3.63, 3.8) is 0 Å². The zero-order chi connectivity index (χ0) is 14.5. The van der Waals surface area contributed by atoms with E-state index in [0.717, 1.165) is 0 Å². The highest BCUT2D eigenvalue weighted by Gasteiger charge is 2.09. The van der Waals surface area contributed by atoms with E-state index in [0.29, 0.717) is 16.9 Å². The fourth-order valence-electron chi connectivity index (χ4n) is 1.66. The molecule has 6 heteroatoms. The summed E-state index contributed by atoms with van der Waals surface area (Å²) in [6.07, 6.45) is -1.18. The van der Waals surface area contributed by atoms with Crippen molar-refractivity contribution in [3.05, 3.63) is 53.7 Å². The number of hydrogen-bond acceptors (Lipinski definition) is 3. The van der Waals surface area contributed by atoms with E-state index in [4.69, 9.17) is 5.11 Å². The smallest absolute Gasteiger partial charge is 0.410 e. The average Bonchev–Trinajstić information content (AvgIpc) is 2.42. The number of anilines is 2. The van der Waals surface area contributed by atoms with Gasteiger partial charge < -0.3 is 10.4 Å². The molecule has 0 spiro atoms. The van der Waals surface area contributed by atoms with Gasteiger partial charge in [-0.3, -0.25) is 10.1 Å². The number of hydrogen-bond donors (Lipinski definition) is 3. The van der Waals surface area contributed by atoms with Gasteiger partial charge >= 0.3 is 6.09 Å². The standard InChI is InChI=1S/C14H13N3O3/c1-9-11(7-8-12(15-9)17-14(19)20)16-13(18)10-5-3-2-4-6-10/h2-8H,1H3,(H,15,17)(H,16,18)(H,19,20). The molecule has 0 bridgehead atoms. The van der Waals surface area contributed by atoms with Crippen LogP contribution in [0.4, 0.5) is 16.3 Å². The van der Waals surface area contributed by atoms with Crippen molar-refractivity contribution in [3.8, 4) is 0 Å². The Balaban J connectivity index is 2.14. The van der Waals surface area contributed by atoms with Crippen LogP contribution in [-0.4, -0.2) is 22.1 Å². The summed E-state index contributed by atoms with van der Waals surface area (Å²) >= 11 is 0. The van der Waals surface area contributed by atoms with Gasteiger partial charge in [0, 0.05) is 5.56 Å². The highest BCUT2D eigenvalue weighted by atomic mass is 16.4. The minimum Gasteiger partial charge on any atom is -0.465 e. The fourth-order valence-corrected chi connectivity index (χ4v) is 1.66. The number of aromatic nitrogens is 1. The number of rotatable bonds is 3. The Morgan fingerprint density at radius 3 is 2.35 bits per heavy atom. The molecule has 0 aliphatic heterocycles. The van der Waals surface area contributed by atoms with Crippen molar-refractivity contribution in [2.45, 2.75) is 6.92 Å². The second-order valence-electron chi connectivity index (χ2n) is 4.08. The number of pyridine rings is 1. The molecule has 0 unspecified atom stereocenters. The predicted octanol–water partition coefficient (Wildman–Crippen LogP) is 2.73. The zero-order valence-corrected chi connectivity index (χ0v) is 10.8. The van der Waals surface area contributed by atoms with E-state index in [9.17, 15) is 9.59 Å². The molecular formula is C14H13N3O3. The van der Waals surface area contributed by atoms with E-state index >= 15 is 0 Å². The Labute approximate surface area is 115 Å². The Morgan fingerprint density at radius 1 is 1.05 bits per heavy atom. The normalized spacial score (nSPS) is 9.85. The third-order valence-corrected chi connectivity index (χ3v) is 2.60. The first-order valence-corrected chi connectivity index (χ1v) is 5.90. The van der Waals surface area contributed by atoms with E-state index in [-0.39, 0.29) is 11.7 Å². The largest absolute Gasteiger partial charge is 0.465 e. The summed E-state index contributed by atoms with van der Waals surface area (Å²) in [5, 5.41) is 13.5. The lowest BCUT2D eigenvalue weighted by Gasteiger charge is -2.09. The van der Waals surface area contributed by atoms with E-state index in [1.165, 1.54) is 6.07 Å². The molecule has 6 nitrogen and oxygen atoms in total. The fraction of sp³-hybridized carbons (Fsp3) is 0.0714. The maximum absolute atomic E-state index is 12.0. The lowest BCUT2D eigenvalue weighted by Crippen LogP contribution is -2.14. The lowest BCUT2D eigenvalue weighted by atomic mass is 10.2. The molecule has 20 heavy (non-hydrogen) atoms. The van der Waals surface area contributed by atoms with Crippen molar-refractivity contribution in [2.75, 3.05) is 10.6 Å². The monoisotopic (exact) mass is 271 g/mol. The van der Waals surface area contributed by atoms with Gasteiger partial charge in [0.2, 0.25) is 0 Å². The average molecular weight is 271 g/mol. The number of aryl methyl sites for hydroxylation is 1. The SMILES string of the molecule is Cc1nc(NC(=O)O)ccc1NC(=O)c1ccccc1. The molecule has 0 aliphatic rings. The molecule has 0 fully saturated rings. The molecule has 0 saturated carbocycles. The van der Waals surface area contributed by atoms with Crippen LogP contribution in [0, 0.1) is 6.92 Å². The molecule has 2 rings (SSSR count). The molecule has 1 heterocycles. The summed E-state index contributed by atoms with van der Waals surface area (Å²) in [4.78, 5) is 26.5. The van der Waals surface area contributed by atoms with Gasteiger partial charge in [0.05, 0.1) is 11.4 Å². The van der Waals surface area contributed by atoms with Crippen LogP contribution >= 0.6 is 0 Å². The van der Waals surface area contributed by atoms with Gasteiger partial charge in [0.15, 0.2) is 0 Å². The van der Waals surface area contributed by atoms with Gasteiger partial charge in [-0.25, -0.2) is 9.78 Å². The van der Waals surface area contributed by atoms with Gasteiger partial charge in [-0.15, -0.1) is 0 Å². The summed E-state index contributed by atoms with van der Waals surface area (Å²) in [6.45, 7) is 1.69. The molecule has 0 radical (unpaired) electrons. The van der Waals surface area contributed by atoms with Crippen molar-refractivity contribution >= 4 is 23.5 Å². The first-order valence-electron chi connectivity index (χ1n) is 5.90. The number of amides is 2. The lowest BCUT2D eigenvalue weighted by molar-refractivity contribution is 0.102. The highest BCUT2D eigenvalue weighted by Crippen LogP contribution is 2.16. The summed E-state index contributed by atoms with van der Waals surface area (Å²) < 4.78 is 0. The second-order valence-corrected chi connectivity index (χ2v) is 4.08. The molecule has 2 aromatic rings. The van der Waals surface area contributed by atoms with Crippen LogP contribution < -0.4 is 10.6 Å². The number of nitrogens with one attached hydrogen (secondary N) is 2. The minimum absolute atomic E-state index is 0.215. The van der Waals surface area contributed by atoms with Crippen LogP contribution in [0.25, 0.3) is 0 Å². The predicted molar refractivity (Wildman–Crippen MR) is 75.0 cm³/mol. The third kappa shape index (κ3) is 3.32. The quantitative estimate of drug-likeness (QED) is 0.800.